The smallest absolute Gasteiger partial charge is 0.358 e. The molecular formula is C12H17N5O2S. The molecule has 1 N–H and O–H groups in total. The monoisotopic (exact) mass is 295 g/mol. The molecule has 8 heteroatoms. The molecule has 0 aliphatic carbocycles. The lowest BCUT2D eigenvalue weighted by atomic mass is 10.0. The van der Waals surface area contributed by atoms with Crippen molar-refractivity contribution in [3.63, 3.8) is 0 Å². The zero-order valence-corrected chi connectivity index (χ0v) is 12.1. The summed E-state index contributed by atoms with van der Waals surface area (Å²) in [6, 6.07) is 0.275. The van der Waals surface area contributed by atoms with E-state index >= 15 is 0 Å². The molecule has 3 rings (SSSR count). The van der Waals surface area contributed by atoms with Gasteiger partial charge in [0, 0.05) is 24.5 Å². The number of hydrogen-bond donors (Lipinski definition) is 1. The summed E-state index contributed by atoms with van der Waals surface area (Å²) in [6.07, 6.45) is 4.98. The Morgan fingerprint density at radius 1 is 1.60 bits per heavy atom. The molecule has 1 unspecified atom stereocenters. The van der Waals surface area contributed by atoms with Crippen molar-refractivity contribution in [3.05, 3.63) is 21.7 Å². The van der Waals surface area contributed by atoms with Crippen molar-refractivity contribution in [2.75, 3.05) is 25.0 Å². The highest BCUT2D eigenvalue weighted by molar-refractivity contribution is 7.15. The molecule has 0 radical (unpaired) electrons. The van der Waals surface area contributed by atoms with Crippen LogP contribution >= 0.6 is 11.3 Å². The van der Waals surface area contributed by atoms with Crippen LogP contribution in [-0.2, 0) is 0 Å². The summed E-state index contributed by atoms with van der Waals surface area (Å²) in [4.78, 5) is 18.3. The molecule has 0 aromatic carbocycles. The SMILES string of the molecule is CNCC1CCCCN1c1nc2sccn2c1[N+](=O)[O-]. The molecule has 1 atom stereocenters. The van der Waals surface area contributed by atoms with Gasteiger partial charge in [0.15, 0.2) is 0 Å². The van der Waals surface area contributed by atoms with Gasteiger partial charge in [-0.1, -0.05) is 11.3 Å². The van der Waals surface area contributed by atoms with Crippen LogP contribution in [0.1, 0.15) is 19.3 Å². The maximum absolute atomic E-state index is 11.4. The van der Waals surface area contributed by atoms with Gasteiger partial charge < -0.3 is 20.3 Å². The first kappa shape index (κ1) is 13.3. The number of anilines is 1. The molecule has 20 heavy (non-hydrogen) atoms. The molecule has 3 heterocycles. The maximum atomic E-state index is 11.4. The molecule has 1 fully saturated rings. The van der Waals surface area contributed by atoms with Gasteiger partial charge in [-0.25, -0.2) is 0 Å². The molecule has 108 valence electrons. The van der Waals surface area contributed by atoms with Gasteiger partial charge in [0.1, 0.15) is 6.20 Å². The molecule has 0 saturated carbocycles. The van der Waals surface area contributed by atoms with Gasteiger partial charge in [0.2, 0.25) is 5.82 Å². The van der Waals surface area contributed by atoms with Gasteiger partial charge in [-0.2, -0.15) is 9.38 Å². The molecular weight excluding hydrogens is 278 g/mol. The number of nitrogens with one attached hydrogen (secondary N) is 1. The number of piperidine rings is 1. The lowest BCUT2D eigenvalue weighted by Crippen LogP contribution is -2.45. The number of fused-ring (bicyclic) bond motifs is 1. The Kier molecular flexibility index (Phi) is 3.58. The first-order valence-electron chi connectivity index (χ1n) is 6.73. The fraction of sp³-hybridized carbons (Fsp3) is 0.583. The molecule has 1 aliphatic heterocycles. The summed E-state index contributed by atoms with van der Waals surface area (Å²) in [7, 11) is 1.91. The molecule has 0 bridgehead atoms. The Hall–Kier alpha value is -1.67. The number of hydrogen-bond acceptors (Lipinski definition) is 6. The van der Waals surface area contributed by atoms with E-state index in [-0.39, 0.29) is 16.8 Å². The predicted molar refractivity (Wildman–Crippen MR) is 78.6 cm³/mol. The molecule has 0 spiro atoms. The van der Waals surface area contributed by atoms with E-state index in [4.69, 9.17) is 0 Å². The van der Waals surface area contributed by atoms with Gasteiger partial charge >= 0.3 is 5.82 Å². The summed E-state index contributed by atoms with van der Waals surface area (Å²) >= 11 is 1.42. The minimum absolute atomic E-state index is 0.0873. The third-order valence-corrected chi connectivity index (χ3v) is 4.49. The van der Waals surface area contributed by atoms with Crippen LogP contribution in [0.3, 0.4) is 0 Å². The summed E-state index contributed by atoms with van der Waals surface area (Å²) in [5.41, 5.74) is 0. The van der Waals surface area contributed by atoms with Gasteiger partial charge in [0.05, 0.1) is 0 Å². The highest BCUT2D eigenvalue weighted by Gasteiger charge is 2.32. The van der Waals surface area contributed by atoms with E-state index in [1.54, 1.807) is 10.6 Å². The minimum atomic E-state index is -0.326. The van der Waals surface area contributed by atoms with Crippen LogP contribution in [0.5, 0.6) is 0 Å². The summed E-state index contributed by atoms with van der Waals surface area (Å²) < 4.78 is 1.57. The van der Waals surface area contributed by atoms with Crippen LogP contribution in [-0.4, -0.2) is 40.5 Å². The normalized spacial score (nSPS) is 19.6. The zero-order chi connectivity index (χ0) is 14.1. The van der Waals surface area contributed by atoms with Gasteiger partial charge in [-0.05, 0) is 31.2 Å². The second-order valence-corrected chi connectivity index (χ2v) is 5.85. The third-order valence-electron chi connectivity index (χ3n) is 3.73. The Morgan fingerprint density at radius 3 is 3.20 bits per heavy atom. The van der Waals surface area contributed by atoms with Crippen LogP contribution in [0.4, 0.5) is 11.6 Å². The molecule has 2 aromatic rings. The average molecular weight is 295 g/mol. The van der Waals surface area contributed by atoms with Gasteiger partial charge in [-0.3, -0.25) is 0 Å². The lowest BCUT2D eigenvalue weighted by Gasteiger charge is -2.35. The quantitative estimate of drug-likeness (QED) is 0.688. The average Bonchev–Trinajstić information content (AvgIpc) is 2.99. The summed E-state index contributed by atoms with van der Waals surface area (Å²) in [6.45, 7) is 1.65. The Morgan fingerprint density at radius 2 is 2.45 bits per heavy atom. The van der Waals surface area contributed by atoms with Crippen LogP contribution in [0, 0.1) is 10.1 Å². The number of imidazole rings is 1. The summed E-state index contributed by atoms with van der Waals surface area (Å²) in [5, 5.41) is 16.4. The Balaban J connectivity index is 2.05. The number of likely N-dealkylation sites (N-methyl/N-ethyl adjacent to an activating group) is 1. The fourth-order valence-electron chi connectivity index (χ4n) is 2.85. The van der Waals surface area contributed by atoms with E-state index in [1.165, 1.54) is 17.8 Å². The number of thiazole rings is 1. The largest absolute Gasteiger partial charge is 0.373 e. The minimum Gasteiger partial charge on any atom is -0.358 e. The molecule has 2 aromatic heterocycles. The van der Waals surface area contributed by atoms with Crippen molar-refractivity contribution in [3.8, 4) is 0 Å². The standard InChI is InChI=1S/C12H17N5O2S/c1-13-8-9-4-2-3-5-15(9)10-11(17(18)19)16-6-7-20-12(16)14-10/h6-7,9,13H,2-5,8H2,1H3. The van der Waals surface area contributed by atoms with Crippen molar-refractivity contribution < 1.29 is 4.92 Å². The van der Waals surface area contributed by atoms with E-state index < -0.39 is 0 Å². The van der Waals surface area contributed by atoms with Crippen molar-refractivity contribution in [1.29, 1.82) is 0 Å². The van der Waals surface area contributed by atoms with E-state index in [2.05, 4.69) is 15.2 Å². The predicted octanol–water partition coefficient (Wildman–Crippen LogP) is 1.88. The lowest BCUT2D eigenvalue weighted by molar-refractivity contribution is -0.389. The second kappa shape index (κ2) is 5.37. The molecule has 0 amide bonds. The Bertz CT molecular complexity index is 620. The van der Waals surface area contributed by atoms with E-state index in [0.29, 0.717) is 10.8 Å². The highest BCUT2D eigenvalue weighted by atomic mass is 32.1. The topological polar surface area (TPSA) is 75.7 Å². The zero-order valence-electron chi connectivity index (χ0n) is 11.3. The van der Waals surface area contributed by atoms with Crippen LogP contribution < -0.4 is 10.2 Å². The van der Waals surface area contributed by atoms with Crippen molar-refractivity contribution >= 4 is 27.9 Å². The number of rotatable bonds is 4. The first-order chi connectivity index (χ1) is 9.72. The van der Waals surface area contributed by atoms with Crippen LogP contribution in [0.2, 0.25) is 0 Å². The van der Waals surface area contributed by atoms with Crippen molar-refractivity contribution in [1.82, 2.24) is 14.7 Å². The molecule has 1 aliphatic rings. The van der Waals surface area contributed by atoms with Gasteiger partial charge in [0.25, 0.3) is 4.96 Å². The van der Waals surface area contributed by atoms with Crippen molar-refractivity contribution in [2.24, 2.45) is 0 Å². The first-order valence-corrected chi connectivity index (χ1v) is 7.61. The number of nitro groups is 1. The molecule has 7 nitrogen and oxygen atoms in total. The Labute approximate surface area is 120 Å². The number of nitrogens with zero attached hydrogens (tertiary/aromatic N) is 4. The van der Waals surface area contributed by atoms with E-state index in [9.17, 15) is 10.1 Å². The third kappa shape index (κ3) is 2.14. The maximum Gasteiger partial charge on any atom is 0.373 e. The second-order valence-electron chi connectivity index (χ2n) is 4.97. The van der Waals surface area contributed by atoms with E-state index in [0.717, 1.165) is 25.9 Å². The van der Waals surface area contributed by atoms with Crippen LogP contribution in [0.25, 0.3) is 4.96 Å². The van der Waals surface area contributed by atoms with E-state index in [1.807, 2.05) is 12.4 Å². The molecule has 1 saturated heterocycles. The fourth-order valence-corrected chi connectivity index (χ4v) is 3.56. The van der Waals surface area contributed by atoms with Gasteiger partial charge in [-0.15, -0.1) is 0 Å². The number of aromatic nitrogens is 2. The van der Waals surface area contributed by atoms with Crippen LogP contribution in [0.15, 0.2) is 11.6 Å². The van der Waals surface area contributed by atoms with Crippen molar-refractivity contribution in [2.45, 2.75) is 25.3 Å². The highest BCUT2D eigenvalue weighted by Crippen LogP contribution is 2.34. The summed E-state index contributed by atoms with van der Waals surface area (Å²) in [5.74, 6) is 0.603.